The number of hydrogen-bond donors (Lipinski definition) is 7. The van der Waals surface area contributed by atoms with Crippen LogP contribution in [0.2, 0.25) is 10.0 Å². The summed E-state index contributed by atoms with van der Waals surface area (Å²) in [6.07, 6.45) is 2.77. The first-order valence-electron chi connectivity index (χ1n) is 20.4. The van der Waals surface area contributed by atoms with E-state index in [0.717, 1.165) is 31.4 Å². The average molecular weight is 903 g/mol. The van der Waals surface area contributed by atoms with Crippen molar-refractivity contribution in [2.45, 2.75) is 102 Å². The van der Waals surface area contributed by atoms with E-state index in [4.69, 9.17) is 33.7 Å². The third kappa shape index (κ3) is 13.4. The van der Waals surface area contributed by atoms with Gasteiger partial charge >= 0.3 is 12.1 Å². The fraction of sp³-hybridized carbons (Fsp3) is 0.500. The highest BCUT2D eigenvalue weighted by Gasteiger charge is 2.45. The first kappa shape index (κ1) is 48.9. The Balaban J connectivity index is 1.57. The number of ketones is 1. The minimum atomic E-state index is -1.46. The Labute approximate surface area is 368 Å². The number of carboxylic acids is 1. The molecule has 7 amide bonds. The molecule has 5 atom stereocenters. The van der Waals surface area contributed by atoms with Crippen LogP contribution in [0.4, 0.5) is 4.79 Å². The van der Waals surface area contributed by atoms with E-state index in [2.05, 4.69) is 26.6 Å². The van der Waals surface area contributed by atoms with Gasteiger partial charge in [-0.25, -0.2) is 9.59 Å². The van der Waals surface area contributed by atoms with Gasteiger partial charge in [0.05, 0.1) is 46.4 Å². The lowest BCUT2D eigenvalue weighted by molar-refractivity contribution is -0.143. The first-order valence-corrected chi connectivity index (χ1v) is 21.2. The highest BCUT2D eigenvalue weighted by Crippen LogP contribution is 2.31. The van der Waals surface area contributed by atoms with Crippen molar-refractivity contribution in [2.75, 3.05) is 19.7 Å². The van der Waals surface area contributed by atoms with Crippen molar-refractivity contribution in [3.63, 3.8) is 0 Å². The van der Waals surface area contributed by atoms with Crippen LogP contribution in [0.15, 0.2) is 42.5 Å². The molecular weight excluding hydrogens is 849 g/mol. The number of nitrogens with one attached hydrogen (secondary N) is 5. The summed E-state index contributed by atoms with van der Waals surface area (Å²) in [5.41, 5.74) is 5.07. The number of nitrogens with zero attached hydrogens (tertiary/aromatic N) is 1. The third-order valence-electron chi connectivity index (χ3n) is 10.5. The molecule has 62 heavy (non-hydrogen) atoms. The summed E-state index contributed by atoms with van der Waals surface area (Å²) in [6, 6.07) is 4.24. The number of carbonyl (C=O) groups excluding carboxylic acids is 8. The minimum absolute atomic E-state index is 0.0118. The highest BCUT2D eigenvalue weighted by atomic mass is 35.5. The number of halogens is 2. The van der Waals surface area contributed by atoms with Crippen LogP contribution in [0.25, 0.3) is 0 Å². The van der Waals surface area contributed by atoms with Gasteiger partial charge in [-0.15, -0.1) is 0 Å². The number of alkyl carbamates (subject to hydrolysis) is 1. The number of benzene rings is 2. The number of rotatable bonds is 19. The lowest BCUT2D eigenvalue weighted by Gasteiger charge is -2.35. The highest BCUT2D eigenvalue weighted by molar-refractivity contribution is 6.42. The normalized spacial score (nSPS) is 17.8. The van der Waals surface area contributed by atoms with Crippen LogP contribution in [0.5, 0.6) is 0 Å². The zero-order valence-corrected chi connectivity index (χ0v) is 36.2. The zero-order valence-electron chi connectivity index (χ0n) is 34.7. The van der Waals surface area contributed by atoms with Gasteiger partial charge in [0.2, 0.25) is 29.4 Å². The first-order chi connectivity index (χ1) is 29.4. The van der Waals surface area contributed by atoms with Crippen molar-refractivity contribution < 1.29 is 53.0 Å². The Morgan fingerprint density at radius 2 is 1.55 bits per heavy atom. The van der Waals surface area contributed by atoms with Gasteiger partial charge in [0.15, 0.2) is 0 Å². The Kier molecular flexibility index (Phi) is 18.1. The lowest BCUT2D eigenvalue weighted by Crippen LogP contribution is -2.58. The van der Waals surface area contributed by atoms with Crippen LogP contribution in [0.1, 0.15) is 104 Å². The van der Waals surface area contributed by atoms with Crippen LogP contribution in [-0.2, 0) is 33.5 Å². The van der Waals surface area contributed by atoms with Crippen molar-refractivity contribution in [3.8, 4) is 0 Å². The maximum absolute atomic E-state index is 14.8. The standard InChI is InChI=1S/C42H53Cl2N7O11/c1-4-11-30(35(53)39(57)46-19-32(52)49-33(36(45)54)23-12-7-5-8-13-23)48-38(56)31-16-25(47-42(61)62-21-22(2)3)20-51(31)40(58)34(24-14-9-6-10-15-24)50-37(55)26-17-28(43)29(44)18-27(26)41(59)60/h5,7-8,12-13,17-18,22,24-25,30-31,33-34H,4,6,9-11,14-16,19-21H2,1-3H3,(H2,45,54)(H,46,57)(H,47,61)(H,48,56)(H,49,52)(H,50,55)(H,59,60)/t25?,30?,31-,33+,34+/m0/s1. The molecular formula is C42H53Cl2N7O11. The maximum atomic E-state index is 14.8. The monoisotopic (exact) mass is 901 g/mol. The molecule has 4 rings (SSSR count). The van der Waals surface area contributed by atoms with Crippen LogP contribution in [0, 0.1) is 11.8 Å². The number of ether oxygens (including phenoxy) is 1. The second kappa shape index (κ2) is 22.9. The Bertz CT molecular complexity index is 2010. The fourth-order valence-electron chi connectivity index (χ4n) is 7.45. The molecule has 18 nitrogen and oxygen atoms in total. The molecule has 2 aromatic carbocycles. The van der Waals surface area contributed by atoms with E-state index in [1.807, 2.05) is 13.8 Å². The van der Waals surface area contributed by atoms with Gasteiger partial charge in [-0.1, -0.05) is 100.0 Å². The number of aromatic carboxylic acids is 1. The van der Waals surface area contributed by atoms with Crippen LogP contribution < -0.4 is 32.3 Å². The second-order valence-corrected chi connectivity index (χ2v) is 16.6. The van der Waals surface area contributed by atoms with Gasteiger partial charge in [-0.3, -0.25) is 33.6 Å². The number of carbonyl (C=O) groups is 9. The quantitative estimate of drug-likeness (QED) is 0.101. The molecule has 1 aliphatic heterocycles. The van der Waals surface area contributed by atoms with Crippen LogP contribution in [0.3, 0.4) is 0 Å². The number of primary amides is 1. The molecule has 2 unspecified atom stereocenters. The fourth-order valence-corrected chi connectivity index (χ4v) is 7.78. The molecule has 2 aliphatic rings. The topological polar surface area (TPSA) is 272 Å². The summed E-state index contributed by atoms with van der Waals surface area (Å²) in [5.74, 6) is -8.30. The Morgan fingerprint density at radius 3 is 2.15 bits per heavy atom. The number of likely N-dealkylation sites (tertiary alicyclic amines) is 1. The predicted molar refractivity (Wildman–Crippen MR) is 226 cm³/mol. The smallest absolute Gasteiger partial charge is 0.407 e. The van der Waals surface area contributed by atoms with E-state index in [1.54, 1.807) is 37.3 Å². The summed E-state index contributed by atoms with van der Waals surface area (Å²) in [6.45, 7) is 4.57. The van der Waals surface area contributed by atoms with Gasteiger partial charge < -0.3 is 47.1 Å². The van der Waals surface area contributed by atoms with Gasteiger partial charge in [-0.05, 0) is 55.2 Å². The van der Waals surface area contributed by atoms with Crippen molar-refractivity contribution in [1.82, 2.24) is 31.5 Å². The molecule has 20 heteroatoms. The number of Topliss-reactive ketones (excluding diaryl/α,β-unsaturated/α-hetero) is 1. The molecule has 336 valence electrons. The molecule has 2 fully saturated rings. The molecule has 0 spiro atoms. The molecule has 1 saturated heterocycles. The Hall–Kier alpha value is -5.75. The van der Waals surface area contributed by atoms with E-state index >= 15 is 0 Å². The molecule has 0 radical (unpaired) electrons. The minimum Gasteiger partial charge on any atom is -0.478 e. The molecule has 1 heterocycles. The van der Waals surface area contributed by atoms with E-state index in [9.17, 15) is 48.3 Å². The molecule has 1 saturated carbocycles. The van der Waals surface area contributed by atoms with E-state index < -0.39 is 102 Å². The predicted octanol–water partition coefficient (Wildman–Crippen LogP) is 3.04. The van der Waals surface area contributed by atoms with Crippen molar-refractivity contribution in [1.29, 1.82) is 0 Å². The molecule has 1 aliphatic carbocycles. The van der Waals surface area contributed by atoms with Crippen LogP contribution in [-0.4, -0.2) is 107 Å². The van der Waals surface area contributed by atoms with E-state index in [1.165, 1.54) is 4.90 Å². The van der Waals surface area contributed by atoms with Gasteiger partial charge in [0, 0.05) is 6.54 Å². The van der Waals surface area contributed by atoms with Gasteiger partial charge in [-0.2, -0.15) is 0 Å². The number of nitrogens with two attached hydrogens (primary N) is 1. The van der Waals surface area contributed by atoms with Crippen molar-refractivity contribution in [3.05, 3.63) is 69.2 Å². The molecule has 2 aromatic rings. The zero-order chi connectivity index (χ0) is 45.7. The summed E-state index contributed by atoms with van der Waals surface area (Å²) in [4.78, 5) is 120. The average Bonchev–Trinajstić information content (AvgIpc) is 3.67. The van der Waals surface area contributed by atoms with E-state index in [0.29, 0.717) is 24.8 Å². The van der Waals surface area contributed by atoms with Crippen LogP contribution >= 0.6 is 23.2 Å². The SMILES string of the molecule is CCCC(NC(=O)[C@@H]1CC(NC(=O)OCC(C)C)CN1C(=O)[C@H](NC(=O)c1cc(Cl)c(Cl)cc1C(=O)O)C1CCCCC1)C(=O)C(=O)NCC(=O)N[C@@H](C(N)=O)c1ccccc1. The van der Waals surface area contributed by atoms with Gasteiger partial charge in [0.25, 0.3) is 11.8 Å². The molecule has 8 N–H and O–H groups in total. The summed E-state index contributed by atoms with van der Waals surface area (Å²) in [7, 11) is 0. The third-order valence-corrected chi connectivity index (χ3v) is 11.3. The molecule has 0 aromatic heterocycles. The number of amides is 7. The number of hydrogen-bond acceptors (Lipinski definition) is 10. The lowest BCUT2D eigenvalue weighted by atomic mass is 9.83. The van der Waals surface area contributed by atoms with Gasteiger partial charge in [0.1, 0.15) is 18.1 Å². The summed E-state index contributed by atoms with van der Waals surface area (Å²) < 4.78 is 5.28. The van der Waals surface area contributed by atoms with E-state index in [-0.39, 0.29) is 47.5 Å². The largest absolute Gasteiger partial charge is 0.478 e. The summed E-state index contributed by atoms with van der Waals surface area (Å²) >= 11 is 12.2. The second-order valence-electron chi connectivity index (χ2n) is 15.8. The maximum Gasteiger partial charge on any atom is 0.407 e. The van der Waals surface area contributed by atoms with Crippen molar-refractivity contribution in [2.24, 2.45) is 17.6 Å². The summed E-state index contributed by atoms with van der Waals surface area (Å²) in [5, 5.41) is 22.3. The molecule has 0 bridgehead atoms. The number of carboxylic acid groups (broad SMARTS) is 1. The van der Waals surface area contributed by atoms with Crippen molar-refractivity contribution >= 4 is 76.5 Å². The Morgan fingerprint density at radius 1 is 0.903 bits per heavy atom.